The lowest BCUT2D eigenvalue weighted by molar-refractivity contribution is 0.0970. The number of rotatable bonds is 11. The summed E-state index contributed by atoms with van der Waals surface area (Å²) in [6.45, 7) is 4.70. The van der Waals surface area contributed by atoms with Crippen LogP contribution in [-0.4, -0.2) is 38.9 Å². The van der Waals surface area contributed by atoms with E-state index in [1.54, 1.807) is 25.0 Å². The van der Waals surface area contributed by atoms with Gasteiger partial charge in [-0.2, -0.15) is 5.10 Å². The molecule has 8 heteroatoms. The molecule has 1 N–H and O–H groups in total. The molecular weight excluding hydrogens is 490 g/mol. The molecule has 2 aromatic carbocycles. The molecule has 1 fully saturated rings. The van der Waals surface area contributed by atoms with E-state index in [4.69, 9.17) is 14.9 Å². The van der Waals surface area contributed by atoms with Crippen LogP contribution >= 0.6 is 0 Å². The van der Waals surface area contributed by atoms with E-state index in [-0.39, 0.29) is 17.7 Å². The van der Waals surface area contributed by atoms with Gasteiger partial charge in [0.15, 0.2) is 5.78 Å². The predicted molar refractivity (Wildman–Crippen MR) is 150 cm³/mol. The van der Waals surface area contributed by atoms with Crippen molar-refractivity contribution >= 4 is 5.78 Å². The van der Waals surface area contributed by atoms with Gasteiger partial charge < -0.3 is 18.6 Å². The zero-order valence-corrected chi connectivity index (χ0v) is 23.3. The van der Waals surface area contributed by atoms with E-state index >= 15 is 0 Å². The minimum atomic E-state index is 0.0955. The number of nitrogens with zero attached hydrogens (tertiary/aromatic N) is 4. The Labute approximate surface area is 229 Å². The van der Waals surface area contributed by atoms with Gasteiger partial charge in [0.25, 0.3) is 0 Å². The molecule has 204 valence electrons. The van der Waals surface area contributed by atoms with Gasteiger partial charge in [0.1, 0.15) is 11.5 Å². The van der Waals surface area contributed by atoms with Crippen LogP contribution in [0, 0.1) is 11.3 Å². The molecule has 39 heavy (non-hydrogen) atoms. The number of aryl methyl sites for hydroxylation is 1. The third-order valence-corrected chi connectivity index (χ3v) is 7.60. The van der Waals surface area contributed by atoms with Crippen LogP contribution in [0.5, 0.6) is 11.5 Å². The summed E-state index contributed by atoms with van der Waals surface area (Å²) in [5, 5.41) is 12.9. The Bertz CT molecular complexity index is 1520. The van der Waals surface area contributed by atoms with E-state index in [1.165, 1.54) is 0 Å². The van der Waals surface area contributed by atoms with Gasteiger partial charge in [-0.3, -0.25) is 14.9 Å². The summed E-state index contributed by atoms with van der Waals surface area (Å²) in [7, 11) is 5.16. The highest BCUT2D eigenvalue weighted by Gasteiger charge is 2.34. The number of ether oxygens (including phenoxy) is 2. The Morgan fingerprint density at radius 3 is 2.36 bits per heavy atom. The summed E-state index contributed by atoms with van der Waals surface area (Å²) in [4.78, 5) is 14.0. The Morgan fingerprint density at radius 2 is 1.77 bits per heavy atom. The Kier molecular flexibility index (Phi) is 7.46. The molecule has 5 rings (SSSR count). The number of Topliss-reactive ketones (excluding diaryl/α,β-unsaturated/α-hetero) is 1. The first kappa shape index (κ1) is 26.5. The average molecular weight is 528 g/mol. The van der Waals surface area contributed by atoms with Crippen LogP contribution < -0.4 is 15.1 Å². The van der Waals surface area contributed by atoms with E-state index in [0.29, 0.717) is 30.1 Å². The molecule has 4 aromatic rings. The molecular formula is C31H37N5O3. The van der Waals surface area contributed by atoms with Crippen LogP contribution in [0.25, 0.3) is 11.3 Å². The van der Waals surface area contributed by atoms with Crippen LogP contribution in [-0.2, 0) is 13.6 Å². The molecule has 8 nitrogen and oxygen atoms in total. The first-order valence-corrected chi connectivity index (χ1v) is 13.5. The maximum Gasteiger partial charge on any atom is 0.202 e. The molecule has 0 radical (unpaired) electrons. The van der Waals surface area contributed by atoms with Gasteiger partial charge in [-0.15, -0.1) is 0 Å². The summed E-state index contributed by atoms with van der Waals surface area (Å²) < 4.78 is 16.7. The van der Waals surface area contributed by atoms with Gasteiger partial charge in [0.2, 0.25) is 5.62 Å². The van der Waals surface area contributed by atoms with Crippen molar-refractivity contribution < 1.29 is 14.3 Å². The molecule has 0 bridgehead atoms. The lowest BCUT2D eigenvalue weighted by Crippen LogP contribution is -2.22. The van der Waals surface area contributed by atoms with Crippen molar-refractivity contribution in [1.82, 2.24) is 18.9 Å². The number of aromatic nitrogens is 4. The number of nitrogens with one attached hydrogen (secondary N) is 1. The SMILES string of the molecule is COc1cc(OC)cc(C(CC(=O)c2cc(Cn3ccn(C)c3=N)cc(-c3ccnn3C(C)C)c2)C2CC2)c1. The Balaban J connectivity index is 1.52. The second kappa shape index (κ2) is 11.0. The highest BCUT2D eigenvalue weighted by atomic mass is 16.5. The number of carbonyl (C=O) groups excluding carboxylic acids is 1. The van der Waals surface area contributed by atoms with Gasteiger partial charge in [0.05, 0.1) is 26.5 Å². The lowest BCUT2D eigenvalue weighted by atomic mass is 9.86. The number of hydrogen-bond acceptors (Lipinski definition) is 5. The summed E-state index contributed by atoms with van der Waals surface area (Å²) >= 11 is 0. The number of carbonyl (C=O) groups is 1. The standard InChI is InChI=1S/C31H37N5O3/c1-20(2)36-29(8-9-33-36)24-12-21(19-35-11-10-34(3)31(35)32)13-25(14-24)30(37)18-28(22-6-7-22)23-15-26(38-4)17-27(16-23)39-5/h8-17,20,22,28,32H,6-7,18-19H2,1-5H3. The molecule has 0 amide bonds. The second-order valence-corrected chi connectivity index (χ2v) is 10.8. The molecule has 2 aromatic heterocycles. The summed E-state index contributed by atoms with van der Waals surface area (Å²) in [5.41, 5.74) is 5.07. The van der Waals surface area contributed by atoms with Crippen molar-refractivity contribution in [2.45, 2.75) is 51.6 Å². The first-order valence-electron chi connectivity index (χ1n) is 13.5. The quantitative estimate of drug-likeness (QED) is 0.258. The molecule has 2 heterocycles. The average Bonchev–Trinajstić information content (AvgIpc) is 3.57. The van der Waals surface area contributed by atoms with Gasteiger partial charge in [-0.1, -0.05) is 0 Å². The fourth-order valence-electron chi connectivity index (χ4n) is 5.31. The maximum absolute atomic E-state index is 14.0. The van der Waals surface area contributed by atoms with Crippen LogP contribution in [0.4, 0.5) is 0 Å². The molecule has 0 saturated heterocycles. The molecule has 1 unspecified atom stereocenters. The van der Waals surface area contributed by atoms with E-state index in [1.807, 2.05) is 65.1 Å². The summed E-state index contributed by atoms with van der Waals surface area (Å²) in [6, 6.07) is 14.2. The second-order valence-electron chi connectivity index (χ2n) is 10.8. The lowest BCUT2D eigenvalue weighted by Gasteiger charge is -2.19. The van der Waals surface area contributed by atoms with Gasteiger partial charge in [-0.05, 0) is 86.1 Å². The van der Waals surface area contributed by atoms with Crippen molar-refractivity contribution in [3.8, 4) is 22.8 Å². The molecule has 1 atom stereocenters. The largest absolute Gasteiger partial charge is 0.497 e. The van der Waals surface area contributed by atoms with Gasteiger partial charge in [0, 0.05) is 55.3 Å². The topological polar surface area (TPSA) is 87.1 Å². The fourth-order valence-corrected chi connectivity index (χ4v) is 5.31. The van der Waals surface area contributed by atoms with Crippen molar-refractivity contribution in [2.75, 3.05) is 14.2 Å². The molecule has 0 aliphatic heterocycles. The van der Waals surface area contributed by atoms with Crippen molar-refractivity contribution in [3.05, 3.63) is 83.4 Å². The van der Waals surface area contributed by atoms with Crippen LogP contribution in [0.1, 0.15) is 66.6 Å². The molecule has 1 saturated carbocycles. The Hall–Kier alpha value is -4.07. The van der Waals surface area contributed by atoms with Crippen LogP contribution in [0.15, 0.2) is 61.1 Å². The number of imidazole rings is 1. The maximum atomic E-state index is 14.0. The molecule has 1 aliphatic rings. The van der Waals surface area contributed by atoms with E-state index in [0.717, 1.165) is 46.7 Å². The number of ketones is 1. The number of hydrogen-bond donors (Lipinski definition) is 1. The monoisotopic (exact) mass is 527 g/mol. The van der Waals surface area contributed by atoms with Crippen molar-refractivity contribution in [2.24, 2.45) is 13.0 Å². The summed E-state index contributed by atoms with van der Waals surface area (Å²) in [5.74, 6) is 2.15. The Morgan fingerprint density at radius 1 is 1.05 bits per heavy atom. The fraction of sp³-hybridized carbons (Fsp3) is 0.387. The van der Waals surface area contributed by atoms with Crippen molar-refractivity contribution in [1.29, 1.82) is 5.41 Å². The third-order valence-electron chi connectivity index (χ3n) is 7.60. The van der Waals surface area contributed by atoms with Crippen LogP contribution in [0.2, 0.25) is 0 Å². The zero-order chi connectivity index (χ0) is 27.7. The van der Waals surface area contributed by atoms with E-state index < -0.39 is 0 Å². The minimum Gasteiger partial charge on any atom is -0.497 e. The third kappa shape index (κ3) is 5.70. The number of benzene rings is 2. The first-order chi connectivity index (χ1) is 18.8. The van der Waals surface area contributed by atoms with Crippen molar-refractivity contribution in [3.63, 3.8) is 0 Å². The molecule has 0 spiro atoms. The van der Waals surface area contributed by atoms with Crippen LogP contribution in [0.3, 0.4) is 0 Å². The predicted octanol–water partition coefficient (Wildman–Crippen LogP) is 5.58. The smallest absolute Gasteiger partial charge is 0.202 e. The van der Waals surface area contributed by atoms with E-state index in [2.05, 4.69) is 25.0 Å². The highest BCUT2D eigenvalue weighted by molar-refractivity contribution is 5.98. The minimum absolute atomic E-state index is 0.0955. The van der Waals surface area contributed by atoms with E-state index in [9.17, 15) is 4.79 Å². The number of methoxy groups -OCH3 is 2. The zero-order valence-electron chi connectivity index (χ0n) is 23.3. The molecule has 1 aliphatic carbocycles. The van der Waals surface area contributed by atoms with Gasteiger partial charge >= 0.3 is 0 Å². The van der Waals surface area contributed by atoms with Gasteiger partial charge in [-0.25, -0.2) is 0 Å². The summed E-state index contributed by atoms with van der Waals surface area (Å²) in [6.07, 6.45) is 8.22. The highest BCUT2D eigenvalue weighted by Crippen LogP contribution is 2.46. The normalized spacial score (nSPS) is 14.0.